The number of hydrogen-bond donors (Lipinski definition) is 1. The number of anilines is 1. The molecule has 0 saturated carbocycles. The normalized spacial score (nSPS) is 10.4. The topological polar surface area (TPSA) is 37.8 Å². The first-order valence-electron chi connectivity index (χ1n) is 5.62. The highest BCUT2D eigenvalue weighted by atomic mass is 35.5. The van der Waals surface area contributed by atoms with Gasteiger partial charge in [-0.05, 0) is 31.0 Å². The van der Waals surface area contributed by atoms with Crippen molar-refractivity contribution in [3.63, 3.8) is 0 Å². The van der Waals surface area contributed by atoms with Gasteiger partial charge >= 0.3 is 0 Å². The highest BCUT2D eigenvalue weighted by Crippen LogP contribution is 2.21. The highest BCUT2D eigenvalue weighted by molar-refractivity contribution is 6.35. The zero-order valence-electron chi connectivity index (χ0n) is 9.95. The summed E-state index contributed by atoms with van der Waals surface area (Å²) in [5.74, 6) is 0.808. The Morgan fingerprint density at radius 3 is 2.67 bits per heavy atom. The molecule has 1 N–H and O–H groups in total. The van der Waals surface area contributed by atoms with Crippen LogP contribution in [0.3, 0.4) is 0 Å². The van der Waals surface area contributed by atoms with Crippen LogP contribution in [0.1, 0.15) is 11.3 Å². The number of aromatic nitrogens is 2. The Balaban J connectivity index is 1.95. The Kier molecular flexibility index (Phi) is 4.39. The molecule has 18 heavy (non-hydrogen) atoms. The molecule has 0 aliphatic carbocycles. The SMILES string of the molecule is Cc1nccnc1NCCc1ccc(Cl)cc1Cl. The van der Waals surface area contributed by atoms with E-state index in [0.717, 1.165) is 30.0 Å². The van der Waals surface area contributed by atoms with Crippen molar-refractivity contribution in [3.8, 4) is 0 Å². The minimum Gasteiger partial charge on any atom is -0.368 e. The zero-order valence-corrected chi connectivity index (χ0v) is 11.5. The number of nitrogens with zero attached hydrogens (tertiary/aromatic N) is 2. The number of aryl methyl sites for hydroxylation is 1. The van der Waals surface area contributed by atoms with Crippen molar-refractivity contribution in [3.05, 3.63) is 51.9 Å². The Bertz CT molecular complexity index is 544. The van der Waals surface area contributed by atoms with Crippen LogP contribution in [-0.2, 0) is 6.42 Å². The smallest absolute Gasteiger partial charge is 0.147 e. The number of rotatable bonds is 4. The summed E-state index contributed by atoms with van der Waals surface area (Å²) < 4.78 is 0. The molecule has 1 heterocycles. The maximum atomic E-state index is 6.10. The molecule has 0 fully saturated rings. The Morgan fingerprint density at radius 1 is 1.17 bits per heavy atom. The van der Waals surface area contributed by atoms with E-state index >= 15 is 0 Å². The molecular formula is C13H13Cl2N3. The van der Waals surface area contributed by atoms with Crippen LogP contribution in [0.2, 0.25) is 10.0 Å². The monoisotopic (exact) mass is 281 g/mol. The lowest BCUT2D eigenvalue weighted by Crippen LogP contribution is -2.08. The summed E-state index contributed by atoms with van der Waals surface area (Å²) in [5, 5.41) is 4.59. The van der Waals surface area contributed by atoms with Crippen LogP contribution in [0, 0.1) is 6.92 Å². The van der Waals surface area contributed by atoms with Crippen molar-refractivity contribution in [2.24, 2.45) is 0 Å². The standard InChI is InChI=1S/C13H13Cl2N3/c1-9-13(18-7-6-16-9)17-5-4-10-2-3-11(14)8-12(10)15/h2-3,6-8H,4-5H2,1H3,(H,17,18). The van der Waals surface area contributed by atoms with Gasteiger partial charge in [0.2, 0.25) is 0 Å². The molecule has 0 unspecified atom stereocenters. The minimum absolute atomic E-state index is 0.654. The lowest BCUT2D eigenvalue weighted by Gasteiger charge is -2.08. The number of nitrogens with one attached hydrogen (secondary N) is 1. The molecule has 0 atom stereocenters. The fourth-order valence-electron chi connectivity index (χ4n) is 1.62. The van der Waals surface area contributed by atoms with Gasteiger partial charge in [0, 0.05) is 29.0 Å². The van der Waals surface area contributed by atoms with E-state index in [1.807, 2.05) is 19.1 Å². The van der Waals surface area contributed by atoms with Gasteiger partial charge < -0.3 is 5.32 Å². The Labute approximate surface area is 116 Å². The summed E-state index contributed by atoms with van der Waals surface area (Å²) in [5.41, 5.74) is 1.95. The van der Waals surface area contributed by atoms with Crippen LogP contribution < -0.4 is 5.32 Å². The van der Waals surface area contributed by atoms with E-state index in [1.165, 1.54) is 0 Å². The summed E-state index contributed by atoms with van der Waals surface area (Å²) in [7, 11) is 0. The average Bonchev–Trinajstić information content (AvgIpc) is 2.34. The van der Waals surface area contributed by atoms with E-state index < -0.39 is 0 Å². The van der Waals surface area contributed by atoms with Gasteiger partial charge in [-0.3, -0.25) is 4.98 Å². The van der Waals surface area contributed by atoms with E-state index in [-0.39, 0.29) is 0 Å². The van der Waals surface area contributed by atoms with Gasteiger partial charge in [0.25, 0.3) is 0 Å². The molecule has 0 spiro atoms. The third kappa shape index (κ3) is 3.34. The highest BCUT2D eigenvalue weighted by Gasteiger charge is 2.02. The molecule has 0 bridgehead atoms. The number of hydrogen-bond acceptors (Lipinski definition) is 3. The van der Waals surface area contributed by atoms with Crippen molar-refractivity contribution < 1.29 is 0 Å². The van der Waals surface area contributed by atoms with E-state index in [1.54, 1.807) is 18.5 Å². The molecule has 5 heteroatoms. The lowest BCUT2D eigenvalue weighted by molar-refractivity contribution is 0.987. The summed E-state index contributed by atoms with van der Waals surface area (Å²) in [4.78, 5) is 8.38. The second kappa shape index (κ2) is 6.03. The van der Waals surface area contributed by atoms with E-state index in [2.05, 4.69) is 15.3 Å². The Hall–Kier alpha value is -1.32. The molecule has 94 valence electrons. The van der Waals surface area contributed by atoms with Gasteiger partial charge in [0.05, 0.1) is 5.69 Å². The molecule has 0 radical (unpaired) electrons. The van der Waals surface area contributed by atoms with Crippen molar-refractivity contribution in [1.29, 1.82) is 0 Å². The third-order valence-electron chi connectivity index (χ3n) is 2.58. The van der Waals surface area contributed by atoms with E-state index in [0.29, 0.717) is 10.0 Å². The zero-order chi connectivity index (χ0) is 13.0. The summed E-state index contributed by atoms with van der Waals surface area (Å²) in [6, 6.07) is 5.54. The second-order valence-corrected chi connectivity index (χ2v) is 4.75. The molecule has 0 saturated heterocycles. The fourth-order valence-corrected chi connectivity index (χ4v) is 2.12. The maximum Gasteiger partial charge on any atom is 0.147 e. The first-order chi connectivity index (χ1) is 8.66. The van der Waals surface area contributed by atoms with Crippen molar-refractivity contribution in [1.82, 2.24) is 9.97 Å². The van der Waals surface area contributed by atoms with Crippen LogP contribution in [-0.4, -0.2) is 16.5 Å². The van der Waals surface area contributed by atoms with Crippen LogP contribution in [0.25, 0.3) is 0 Å². The largest absolute Gasteiger partial charge is 0.368 e. The van der Waals surface area contributed by atoms with Crippen LogP contribution >= 0.6 is 23.2 Å². The maximum absolute atomic E-state index is 6.10. The van der Waals surface area contributed by atoms with Gasteiger partial charge in [0.1, 0.15) is 5.82 Å². The summed E-state index contributed by atoms with van der Waals surface area (Å²) in [6.45, 7) is 2.67. The summed E-state index contributed by atoms with van der Waals surface area (Å²) >= 11 is 12.0. The minimum atomic E-state index is 0.654. The molecule has 2 rings (SSSR count). The van der Waals surface area contributed by atoms with E-state index in [9.17, 15) is 0 Å². The van der Waals surface area contributed by atoms with Crippen molar-refractivity contribution in [2.75, 3.05) is 11.9 Å². The molecule has 0 amide bonds. The van der Waals surface area contributed by atoms with Gasteiger partial charge in [-0.1, -0.05) is 29.3 Å². The van der Waals surface area contributed by atoms with Gasteiger partial charge in [0.15, 0.2) is 0 Å². The van der Waals surface area contributed by atoms with Gasteiger partial charge in [-0.2, -0.15) is 0 Å². The van der Waals surface area contributed by atoms with E-state index in [4.69, 9.17) is 23.2 Å². The van der Waals surface area contributed by atoms with Crippen molar-refractivity contribution in [2.45, 2.75) is 13.3 Å². The molecule has 1 aromatic heterocycles. The van der Waals surface area contributed by atoms with Crippen molar-refractivity contribution >= 4 is 29.0 Å². The molecule has 2 aromatic rings. The Morgan fingerprint density at radius 2 is 1.94 bits per heavy atom. The second-order valence-electron chi connectivity index (χ2n) is 3.90. The predicted molar refractivity (Wildman–Crippen MR) is 75.4 cm³/mol. The first-order valence-corrected chi connectivity index (χ1v) is 6.38. The fraction of sp³-hybridized carbons (Fsp3) is 0.231. The summed E-state index contributed by atoms with van der Waals surface area (Å²) in [6.07, 6.45) is 4.16. The quantitative estimate of drug-likeness (QED) is 0.928. The third-order valence-corrected chi connectivity index (χ3v) is 3.17. The molecular weight excluding hydrogens is 269 g/mol. The van der Waals surface area contributed by atoms with Gasteiger partial charge in [-0.25, -0.2) is 4.98 Å². The van der Waals surface area contributed by atoms with Crippen LogP contribution in [0.15, 0.2) is 30.6 Å². The lowest BCUT2D eigenvalue weighted by atomic mass is 10.1. The molecule has 0 aliphatic rings. The number of benzene rings is 1. The molecule has 0 aliphatic heterocycles. The molecule has 3 nitrogen and oxygen atoms in total. The molecule has 1 aromatic carbocycles. The first kappa shape index (κ1) is 13.1. The number of halogens is 2. The van der Waals surface area contributed by atoms with Gasteiger partial charge in [-0.15, -0.1) is 0 Å². The average molecular weight is 282 g/mol. The predicted octanol–water partition coefficient (Wildman–Crippen LogP) is 3.75. The van der Waals surface area contributed by atoms with Crippen LogP contribution in [0.4, 0.5) is 5.82 Å². The van der Waals surface area contributed by atoms with Crippen LogP contribution in [0.5, 0.6) is 0 Å².